The molecule has 1 unspecified atom stereocenters. The van der Waals surface area contributed by atoms with Gasteiger partial charge >= 0.3 is 6.18 Å². The number of ether oxygens (including phenoxy) is 2. The summed E-state index contributed by atoms with van der Waals surface area (Å²) in [5, 5.41) is 3.17. The lowest BCUT2D eigenvalue weighted by atomic mass is 9.95. The number of nitrogens with one attached hydrogen (secondary N) is 1. The molecular weight excluding hydrogens is 395 g/mol. The molecule has 2 aliphatic rings. The number of hydrogen-bond donors (Lipinski definition) is 1. The van der Waals surface area contributed by atoms with E-state index in [1.165, 1.54) is 12.1 Å². The Morgan fingerprint density at radius 2 is 1.90 bits per heavy atom. The van der Waals surface area contributed by atoms with Gasteiger partial charge in [-0.05, 0) is 49.1 Å². The second kappa shape index (κ2) is 8.05. The summed E-state index contributed by atoms with van der Waals surface area (Å²) in [6.45, 7) is 2.36. The summed E-state index contributed by atoms with van der Waals surface area (Å²) in [4.78, 5) is 13.2. The van der Waals surface area contributed by atoms with Crippen molar-refractivity contribution in [2.24, 2.45) is 0 Å². The third kappa shape index (κ3) is 4.30. The van der Waals surface area contributed by atoms with E-state index in [9.17, 15) is 18.0 Å². The van der Waals surface area contributed by atoms with Crippen LogP contribution in [-0.4, -0.2) is 24.5 Å². The minimum absolute atomic E-state index is 0.173. The first kappa shape index (κ1) is 20.3. The van der Waals surface area contributed by atoms with Gasteiger partial charge in [0.15, 0.2) is 12.0 Å². The van der Waals surface area contributed by atoms with Gasteiger partial charge < -0.3 is 14.8 Å². The zero-order chi connectivity index (χ0) is 21.3. The highest BCUT2D eigenvalue weighted by Crippen LogP contribution is 2.36. The third-order valence-electron chi connectivity index (χ3n) is 5.09. The maximum atomic E-state index is 13.2. The van der Waals surface area contributed by atoms with Crippen molar-refractivity contribution in [3.8, 4) is 5.75 Å². The van der Waals surface area contributed by atoms with Gasteiger partial charge in [0.2, 0.25) is 5.78 Å². The quantitative estimate of drug-likeness (QED) is 0.707. The molecule has 0 saturated heterocycles. The number of carbonyl (C=O) groups excluding carboxylic acids is 1. The molecule has 7 heteroatoms. The normalized spacial score (nSPS) is 19.1. The molecule has 0 aromatic heterocycles. The van der Waals surface area contributed by atoms with Crippen LogP contribution in [0.3, 0.4) is 0 Å². The van der Waals surface area contributed by atoms with E-state index in [4.69, 9.17) is 9.47 Å². The molecular formula is C23H22F3NO3. The van der Waals surface area contributed by atoms with Crippen molar-refractivity contribution in [3.05, 3.63) is 71.1 Å². The highest BCUT2D eigenvalue weighted by Gasteiger charge is 2.39. The van der Waals surface area contributed by atoms with Gasteiger partial charge in [0, 0.05) is 12.5 Å². The Morgan fingerprint density at radius 3 is 2.60 bits per heavy atom. The molecule has 4 rings (SSSR count). The summed E-state index contributed by atoms with van der Waals surface area (Å²) < 4.78 is 51.1. The van der Waals surface area contributed by atoms with Crippen LogP contribution in [0.1, 0.15) is 36.5 Å². The predicted molar refractivity (Wildman–Crippen MR) is 106 cm³/mol. The number of halogens is 3. The Bertz CT molecular complexity index is 980. The number of alkyl halides is 3. The van der Waals surface area contributed by atoms with E-state index in [1.807, 2.05) is 31.2 Å². The smallest absolute Gasteiger partial charge is 0.416 e. The Balaban J connectivity index is 1.64. The summed E-state index contributed by atoms with van der Waals surface area (Å²) in [6, 6.07) is 12.4. The molecule has 1 fully saturated rings. The molecule has 2 aromatic carbocycles. The Kier molecular flexibility index (Phi) is 5.45. The minimum Gasteiger partial charge on any atom is -0.494 e. The second-order valence-corrected chi connectivity index (χ2v) is 7.42. The topological polar surface area (TPSA) is 47.6 Å². The number of hydrogen-bond acceptors (Lipinski definition) is 4. The summed E-state index contributed by atoms with van der Waals surface area (Å²) in [5.41, 5.74) is 0.399. The van der Waals surface area contributed by atoms with Crippen LogP contribution in [0.5, 0.6) is 5.75 Å². The highest BCUT2D eigenvalue weighted by atomic mass is 19.4. The monoisotopic (exact) mass is 417 g/mol. The number of Topliss-reactive ketones (excluding diaryl/α,β-unsaturated/α-hetero) is 1. The van der Waals surface area contributed by atoms with Crippen LogP contribution in [0.4, 0.5) is 13.2 Å². The summed E-state index contributed by atoms with van der Waals surface area (Å²) >= 11 is 0. The zero-order valence-corrected chi connectivity index (χ0v) is 16.5. The van der Waals surface area contributed by atoms with Crippen LogP contribution in [0.2, 0.25) is 0 Å². The first-order valence-electron chi connectivity index (χ1n) is 9.97. The van der Waals surface area contributed by atoms with Crippen LogP contribution < -0.4 is 10.1 Å². The average molecular weight is 417 g/mol. The Hall–Kier alpha value is -2.96. The molecule has 0 bridgehead atoms. The van der Waals surface area contributed by atoms with Crippen molar-refractivity contribution in [2.45, 2.75) is 44.5 Å². The van der Waals surface area contributed by atoms with Gasteiger partial charge in [-0.1, -0.05) is 30.3 Å². The molecule has 4 nitrogen and oxygen atoms in total. The van der Waals surface area contributed by atoms with Crippen molar-refractivity contribution in [1.82, 2.24) is 5.32 Å². The van der Waals surface area contributed by atoms with Gasteiger partial charge in [-0.2, -0.15) is 13.2 Å². The van der Waals surface area contributed by atoms with E-state index in [2.05, 4.69) is 5.32 Å². The van der Waals surface area contributed by atoms with Crippen LogP contribution in [0.15, 0.2) is 54.4 Å². The molecule has 0 spiro atoms. The fourth-order valence-electron chi connectivity index (χ4n) is 3.47. The maximum Gasteiger partial charge on any atom is 0.416 e. The molecule has 2 aromatic rings. The van der Waals surface area contributed by atoms with Crippen molar-refractivity contribution >= 4 is 11.4 Å². The first-order chi connectivity index (χ1) is 14.4. The van der Waals surface area contributed by atoms with Gasteiger partial charge in [-0.15, -0.1) is 0 Å². The van der Waals surface area contributed by atoms with E-state index in [0.717, 1.165) is 30.5 Å². The predicted octanol–water partition coefficient (Wildman–Crippen LogP) is 4.74. The van der Waals surface area contributed by atoms with Crippen molar-refractivity contribution in [1.29, 1.82) is 0 Å². The molecule has 1 aliphatic carbocycles. The fraction of sp³-hybridized carbons (Fsp3) is 0.348. The number of ketones is 1. The SMILES string of the molecule is CCOc1ccccc1CC1OC(NC2CC2)=C(c2cccc(C(F)(F)F)c2)C1=O. The molecule has 0 amide bonds. The third-order valence-corrected chi connectivity index (χ3v) is 5.09. The van der Waals surface area contributed by atoms with Crippen LogP contribution >= 0.6 is 0 Å². The largest absolute Gasteiger partial charge is 0.494 e. The number of carbonyl (C=O) groups is 1. The average Bonchev–Trinajstić information content (AvgIpc) is 3.47. The van der Waals surface area contributed by atoms with E-state index in [1.54, 1.807) is 0 Å². The molecule has 0 radical (unpaired) electrons. The van der Waals surface area contributed by atoms with E-state index in [0.29, 0.717) is 12.4 Å². The van der Waals surface area contributed by atoms with Gasteiger partial charge in [0.05, 0.1) is 17.7 Å². The lowest BCUT2D eigenvalue weighted by Crippen LogP contribution is -2.23. The molecule has 1 saturated carbocycles. The van der Waals surface area contributed by atoms with Crippen LogP contribution in [0.25, 0.3) is 5.57 Å². The van der Waals surface area contributed by atoms with Crippen LogP contribution in [0, 0.1) is 0 Å². The van der Waals surface area contributed by atoms with Crippen LogP contribution in [-0.2, 0) is 22.1 Å². The number of rotatable bonds is 7. The Labute approximate surface area is 172 Å². The Morgan fingerprint density at radius 1 is 1.13 bits per heavy atom. The fourth-order valence-corrected chi connectivity index (χ4v) is 3.47. The van der Waals surface area contributed by atoms with E-state index in [-0.39, 0.29) is 35.3 Å². The van der Waals surface area contributed by atoms with Gasteiger partial charge in [-0.3, -0.25) is 4.79 Å². The van der Waals surface area contributed by atoms with E-state index < -0.39 is 17.8 Å². The standard InChI is InChI=1S/C23H22F3NO3/c1-2-29-18-9-4-3-6-14(18)13-19-21(28)20(22(30-19)27-17-10-11-17)15-7-5-8-16(12-15)23(24,25)26/h3-9,12,17,19,27H,2,10-11,13H2,1H3. The molecule has 1 N–H and O–H groups in total. The molecule has 1 atom stereocenters. The zero-order valence-electron chi connectivity index (χ0n) is 16.5. The summed E-state index contributed by atoms with van der Waals surface area (Å²) in [6.07, 6.45) is -3.16. The van der Waals surface area contributed by atoms with Crippen molar-refractivity contribution in [3.63, 3.8) is 0 Å². The second-order valence-electron chi connectivity index (χ2n) is 7.42. The number of para-hydroxylation sites is 1. The highest BCUT2D eigenvalue weighted by molar-refractivity contribution is 6.25. The summed E-state index contributed by atoms with van der Waals surface area (Å²) in [7, 11) is 0. The molecule has 1 heterocycles. The van der Waals surface area contributed by atoms with Crippen molar-refractivity contribution in [2.75, 3.05) is 6.61 Å². The van der Waals surface area contributed by atoms with Gasteiger partial charge in [0.25, 0.3) is 0 Å². The summed E-state index contributed by atoms with van der Waals surface area (Å²) in [5.74, 6) is 0.602. The lowest BCUT2D eigenvalue weighted by molar-refractivity contribution is -0.137. The van der Waals surface area contributed by atoms with E-state index >= 15 is 0 Å². The first-order valence-corrected chi connectivity index (χ1v) is 9.97. The van der Waals surface area contributed by atoms with Gasteiger partial charge in [-0.25, -0.2) is 0 Å². The molecule has 158 valence electrons. The maximum absolute atomic E-state index is 13.2. The van der Waals surface area contributed by atoms with Crippen molar-refractivity contribution < 1.29 is 27.4 Å². The molecule has 30 heavy (non-hydrogen) atoms. The lowest BCUT2D eigenvalue weighted by Gasteiger charge is -2.15. The minimum atomic E-state index is -4.49. The van der Waals surface area contributed by atoms with Gasteiger partial charge in [0.1, 0.15) is 5.75 Å². The number of benzene rings is 2. The molecule has 1 aliphatic heterocycles.